The molecule has 1 aromatic rings. The highest BCUT2D eigenvalue weighted by atomic mass is 19.4. The average Bonchev–Trinajstić information content (AvgIpc) is 3.18. The summed E-state index contributed by atoms with van der Waals surface area (Å²) in [4.78, 5) is 1.97. The number of halogens is 3. The molecule has 0 spiro atoms. The predicted molar refractivity (Wildman–Crippen MR) is 68.0 cm³/mol. The Balaban J connectivity index is 2.29. The van der Waals surface area contributed by atoms with Gasteiger partial charge in [0.2, 0.25) is 0 Å². The molecule has 1 saturated carbocycles. The standard InChI is InChI=1S/C14H18F3NO/c1-2-18(8-10-3-4-10)12-6-5-11(9-19)13(7-12)14(15,16)17/h5-7,10,19H,2-4,8-9H2,1H3. The second-order valence-electron chi connectivity index (χ2n) is 4.98. The monoisotopic (exact) mass is 273 g/mol. The highest BCUT2D eigenvalue weighted by molar-refractivity contribution is 5.52. The minimum absolute atomic E-state index is 0.0706. The molecular weight excluding hydrogens is 255 g/mol. The van der Waals surface area contributed by atoms with E-state index in [-0.39, 0.29) is 5.56 Å². The Hall–Kier alpha value is -1.23. The van der Waals surface area contributed by atoms with Gasteiger partial charge in [0.25, 0.3) is 0 Å². The van der Waals surface area contributed by atoms with E-state index in [0.717, 1.165) is 25.5 Å². The van der Waals surface area contributed by atoms with Crippen LogP contribution in [0.25, 0.3) is 0 Å². The first-order valence-corrected chi connectivity index (χ1v) is 6.51. The molecule has 0 aromatic heterocycles. The average molecular weight is 273 g/mol. The number of hydrogen-bond acceptors (Lipinski definition) is 2. The van der Waals surface area contributed by atoms with Gasteiger partial charge in [-0.05, 0) is 43.4 Å². The molecule has 1 aromatic carbocycles. The summed E-state index contributed by atoms with van der Waals surface area (Å²) in [6.07, 6.45) is -2.10. The molecule has 1 aliphatic carbocycles. The van der Waals surface area contributed by atoms with Crippen molar-refractivity contribution in [2.45, 2.75) is 32.5 Å². The predicted octanol–water partition coefficient (Wildman–Crippen LogP) is 3.43. The zero-order valence-corrected chi connectivity index (χ0v) is 10.9. The molecule has 0 bridgehead atoms. The molecule has 0 atom stereocenters. The maximum atomic E-state index is 12.9. The molecule has 5 heteroatoms. The lowest BCUT2D eigenvalue weighted by Crippen LogP contribution is -2.25. The first-order chi connectivity index (χ1) is 8.95. The number of benzene rings is 1. The Bertz CT molecular complexity index is 441. The SMILES string of the molecule is CCN(CC1CC1)c1ccc(CO)c(C(F)(F)F)c1. The van der Waals surface area contributed by atoms with E-state index in [1.807, 2.05) is 11.8 Å². The molecule has 0 radical (unpaired) electrons. The zero-order valence-electron chi connectivity index (χ0n) is 10.9. The number of anilines is 1. The molecule has 106 valence electrons. The number of rotatable bonds is 5. The van der Waals surface area contributed by atoms with Crippen molar-refractivity contribution >= 4 is 5.69 Å². The van der Waals surface area contributed by atoms with Crippen LogP contribution in [0.4, 0.5) is 18.9 Å². The minimum Gasteiger partial charge on any atom is -0.392 e. The van der Waals surface area contributed by atoms with Gasteiger partial charge in [0.15, 0.2) is 0 Å². The van der Waals surface area contributed by atoms with E-state index >= 15 is 0 Å². The number of aliphatic hydroxyl groups excluding tert-OH is 1. The summed E-state index contributed by atoms with van der Waals surface area (Å²) < 4.78 is 38.8. The molecule has 0 saturated heterocycles. The summed E-state index contributed by atoms with van der Waals surface area (Å²) >= 11 is 0. The molecule has 2 nitrogen and oxygen atoms in total. The van der Waals surface area contributed by atoms with Gasteiger partial charge in [-0.25, -0.2) is 0 Å². The van der Waals surface area contributed by atoms with Gasteiger partial charge in [-0.1, -0.05) is 6.07 Å². The molecule has 19 heavy (non-hydrogen) atoms. The fourth-order valence-electron chi connectivity index (χ4n) is 2.19. The molecule has 0 heterocycles. The third-order valence-electron chi connectivity index (χ3n) is 3.49. The van der Waals surface area contributed by atoms with Crippen molar-refractivity contribution in [1.82, 2.24) is 0 Å². The zero-order chi connectivity index (χ0) is 14.0. The van der Waals surface area contributed by atoms with Crippen molar-refractivity contribution in [3.63, 3.8) is 0 Å². The van der Waals surface area contributed by atoms with Crippen molar-refractivity contribution in [3.05, 3.63) is 29.3 Å². The van der Waals surface area contributed by atoms with Crippen LogP contribution in [0.3, 0.4) is 0 Å². The normalized spacial score (nSPS) is 15.6. The molecule has 1 aliphatic rings. The smallest absolute Gasteiger partial charge is 0.392 e. The number of aliphatic hydroxyl groups is 1. The van der Waals surface area contributed by atoms with E-state index < -0.39 is 18.3 Å². The number of hydrogen-bond donors (Lipinski definition) is 1. The molecule has 1 N–H and O–H groups in total. The summed E-state index contributed by atoms with van der Waals surface area (Å²) in [5, 5.41) is 9.01. The molecule has 2 rings (SSSR count). The molecule has 0 unspecified atom stereocenters. The van der Waals surface area contributed by atoms with Crippen molar-refractivity contribution in [2.75, 3.05) is 18.0 Å². The molecule has 1 fully saturated rings. The second kappa shape index (κ2) is 5.41. The Labute approximate surface area is 110 Å². The first-order valence-electron chi connectivity index (χ1n) is 6.51. The Morgan fingerprint density at radius 1 is 1.32 bits per heavy atom. The van der Waals surface area contributed by atoms with Crippen LogP contribution in [0, 0.1) is 5.92 Å². The third-order valence-corrected chi connectivity index (χ3v) is 3.49. The van der Waals surface area contributed by atoms with Crippen LogP contribution in [0.1, 0.15) is 30.9 Å². The summed E-state index contributed by atoms with van der Waals surface area (Å²) in [6.45, 7) is 2.85. The van der Waals surface area contributed by atoms with Crippen LogP contribution in [0.15, 0.2) is 18.2 Å². The molecule has 0 amide bonds. The van der Waals surface area contributed by atoms with Crippen LogP contribution in [0.2, 0.25) is 0 Å². The fourth-order valence-corrected chi connectivity index (χ4v) is 2.19. The minimum atomic E-state index is -4.42. The van der Waals surface area contributed by atoms with Crippen molar-refractivity contribution in [3.8, 4) is 0 Å². The lowest BCUT2D eigenvalue weighted by molar-refractivity contribution is -0.138. The van der Waals surface area contributed by atoms with Crippen LogP contribution in [-0.4, -0.2) is 18.2 Å². The van der Waals surface area contributed by atoms with E-state index in [4.69, 9.17) is 5.11 Å². The highest BCUT2D eigenvalue weighted by Gasteiger charge is 2.34. The molecule has 0 aliphatic heterocycles. The second-order valence-corrected chi connectivity index (χ2v) is 4.98. The number of alkyl halides is 3. The third kappa shape index (κ3) is 3.41. The van der Waals surface area contributed by atoms with Crippen molar-refractivity contribution in [1.29, 1.82) is 0 Å². The van der Waals surface area contributed by atoms with Gasteiger partial charge >= 0.3 is 6.18 Å². The van der Waals surface area contributed by atoms with Gasteiger partial charge in [0, 0.05) is 18.8 Å². The van der Waals surface area contributed by atoms with E-state index in [1.165, 1.54) is 6.07 Å². The van der Waals surface area contributed by atoms with Crippen LogP contribution in [-0.2, 0) is 12.8 Å². The quantitative estimate of drug-likeness (QED) is 0.888. The van der Waals surface area contributed by atoms with Gasteiger partial charge in [-0.2, -0.15) is 13.2 Å². The van der Waals surface area contributed by atoms with Gasteiger partial charge < -0.3 is 10.0 Å². The topological polar surface area (TPSA) is 23.5 Å². The highest BCUT2D eigenvalue weighted by Crippen LogP contribution is 2.36. The maximum Gasteiger partial charge on any atom is 0.416 e. The number of nitrogens with zero attached hydrogens (tertiary/aromatic N) is 1. The summed E-state index contributed by atoms with van der Waals surface area (Å²) in [6, 6.07) is 4.18. The Morgan fingerprint density at radius 2 is 2.00 bits per heavy atom. The van der Waals surface area contributed by atoms with E-state index in [9.17, 15) is 13.2 Å². The van der Waals surface area contributed by atoms with E-state index in [0.29, 0.717) is 18.2 Å². The lowest BCUT2D eigenvalue weighted by atomic mass is 10.1. The van der Waals surface area contributed by atoms with E-state index in [1.54, 1.807) is 6.07 Å². The largest absolute Gasteiger partial charge is 0.416 e. The van der Waals surface area contributed by atoms with Gasteiger partial charge in [-0.3, -0.25) is 0 Å². The fraction of sp³-hybridized carbons (Fsp3) is 0.571. The molecular formula is C14H18F3NO. The van der Waals surface area contributed by atoms with Crippen LogP contribution >= 0.6 is 0 Å². The lowest BCUT2D eigenvalue weighted by Gasteiger charge is -2.24. The van der Waals surface area contributed by atoms with E-state index in [2.05, 4.69) is 0 Å². The van der Waals surface area contributed by atoms with Gasteiger partial charge in [0.1, 0.15) is 0 Å². The summed E-state index contributed by atoms with van der Waals surface area (Å²) in [5.74, 6) is 0.617. The van der Waals surface area contributed by atoms with Crippen molar-refractivity contribution < 1.29 is 18.3 Å². The van der Waals surface area contributed by atoms with Gasteiger partial charge in [-0.15, -0.1) is 0 Å². The van der Waals surface area contributed by atoms with Crippen LogP contribution in [0.5, 0.6) is 0 Å². The summed E-state index contributed by atoms with van der Waals surface area (Å²) in [5.41, 5.74) is -0.223. The van der Waals surface area contributed by atoms with Crippen molar-refractivity contribution in [2.24, 2.45) is 5.92 Å². The maximum absolute atomic E-state index is 12.9. The van der Waals surface area contributed by atoms with Gasteiger partial charge in [0.05, 0.1) is 12.2 Å². The Morgan fingerprint density at radius 3 is 2.47 bits per heavy atom. The van der Waals surface area contributed by atoms with Crippen LogP contribution < -0.4 is 4.90 Å². The summed E-state index contributed by atoms with van der Waals surface area (Å²) in [7, 11) is 0. The first kappa shape index (κ1) is 14.2. The Kier molecular flexibility index (Phi) is 4.04.